The van der Waals surface area contributed by atoms with Gasteiger partial charge in [0.1, 0.15) is 16.7 Å². The number of pyridine rings is 1. The monoisotopic (exact) mass is 610 g/mol. The smallest absolute Gasteiger partial charge is 0.406 e. The first-order valence-electron chi connectivity index (χ1n) is 12.6. The quantitative estimate of drug-likeness (QED) is 0.238. The van der Waals surface area contributed by atoms with Gasteiger partial charge in [-0.15, -0.1) is 13.2 Å². The molecule has 1 aromatic carbocycles. The minimum absolute atomic E-state index is 0.0949. The van der Waals surface area contributed by atoms with Crippen molar-refractivity contribution in [3.63, 3.8) is 0 Å². The Balaban J connectivity index is 1.53. The molecule has 0 radical (unpaired) electrons. The van der Waals surface area contributed by atoms with Gasteiger partial charge in [-0.05, 0) is 55.9 Å². The second-order valence-corrected chi connectivity index (χ2v) is 10.2. The molecule has 2 N–H and O–H groups in total. The summed E-state index contributed by atoms with van der Waals surface area (Å²) in [6, 6.07) is 5.91. The van der Waals surface area contributed by atoms with Crippen LogP contribution in [0.2, 0.25) is 5.15 Å². The summed E-state index contributed by atoms with van der Waals surface area (Å²) in [5.74, 6) is -2.24. The number of carbonyl (C=O) groups excluding carboxylic acids is 2. The van der Waals surface area contributed by atoms with Gasteiger partial charge in [-0.25, -0.2) is 4.98 Å². The van der Waals surface area contributed by atoms with Crippen molar-refractivity contribution in [1.82, 2.24) is 15.2 Å². The zero-order chi connectivity index (χ0) is 30.6. The lowest BCUT2D eigenvalue weighted by Crippen LogP contribution is -2.54. The summed E-state index contributed by atoms with van der Waals surface area (Å²) in [5.41, 5.74) is -4.90. The van der Waals surface area contributed by atoms with E-state index in [0.717, 1.165) is 25.0 Å². The third kappa shape index (κ3) is 7.94. The SMILES string of the molecule is CN(C)C(=O)c1ccc(N2CCC(CCCNC(=O)C(O)(c3cccc(OC(F)(F)F)c3)C(F)(F)F)CC2)nc1Cl. The molecule has 1 unspecified atom stereocenters. The first-order valence-corrected chi connectivity index (χ1v) is 13.0. The minimum Gasteiger partial charge on any atom is -0.406 e. The van der Waals surface area contributed by atoms with E-state index in [1.807, 2.05) is 4.90 Å². The van der Waals surface area contributed by atoms with Crippen molar-refractivity contribution in [1.29, 1.82) is 0 Å². The molecule has 2 heterocycles. The van der Waals surface area contributed by atoms with Crippen LogP contribution in [0.1, 0.15) is 41.6 Å². The number of rotatable bonds is 9. The van der Waals surface area contributed by atoms with Crippen LogP contribution in [0.4, 0.5) is 32.2 Å². The molecule has 8 nitrogen and oxygen atoms in total. The Labute approximate surface area is 237 Å². The summed E-state index contributed by atoms with van der Waals surface area (Å²) in [6.45, 7) is 1.08. The highest BCUT2D eigenvalue weighted by atomic mass is 35.5. The number of piperidine rings is 1. The number of benzene rings is 1. The van der Waals surface area contributed by atoms with Crippen LogP contribution in [-0.2, 0) is 10.4 Å². The van der Waals surface area contributed by atoms with Gasteiger partial charge in [0.15, 0.2) is 0 Å². The fourth-order valence-electron chi connectivity index (χ4n) is 4.51. The minimum atomic E-state index is -5.52. The summed E-state index contributed by atoms with van der Waals surface area (Å²) >= 11 is 6.20. The number of anilines is 1. The Bertz CT molecular complexity index is 1240. The van der Waals surface area contributed by atoms with E-state index >= 15 is 0 Å². The lowest BCUT2D eigenvalue weighted by atomic mass is 9.91. The largest absolute Gasteiger partial charge is 0.573 e. The second-order valence-electron chi connectivity index (χ2n) is 9.82. The molecule has 0 spiro atoms. The molecule has 15 heteroatoms. The predicted molar refractivity (Wildman–Crippen MR) is 138 cm³/mol. The number of hydrogen-bond acceptors (Lipinski definition) is 6. The van der Waals surface area contributed by atoms with E-state index in [0.29, 0.717) is 43.9 Å². The third-order valence-corrected chi connectivity index (χ3v) is 7.00. The molecular weight excluding hydrogens is 582 g/mol. The first-order chi connectivity index (χ1) is 19.0. The number of nitrogens with zero attached hydrogens (tertiary/aromatic N) is 3. The van der Waals surface area contributed by atoms with Crippen LogP contribution < -0.4 is 15.0 Å². The molecule has 1 aliphatic rings. The van der Waals surface area contributed by atoms with Crippen LogP contribution in [0, 0.1) is 5.92 Å². The maximum atomic E-state index is 13.8. The van der Waals surface area contributed by atoms with E-state index in [9.17, 15) is 41.0 Å². The number of aliphatic hydroxyl groups is 1. The van der Waals surface area contributed by atoms with Crippen molar-refractivity contribution >= 4 is 29.2 Å². The van der Waals surface area contributed by atoms with Crippen molar-refractivity contribution in [2.24, 2.45) is 5.92 Å². The molecule has 3 rings (SSSR count). The number of carbonyl (C=O) groups is 2. The van der Waals surface area contributed by atoms with Gasteiger partial charge >= 0.3 is 12.5 Å². The average Bonchev–Trinajstić information content (AvgIpc) is 2.89. The van der Waals surface area contributed by atoms with Crippen LogP contribution in [0.25, 0.3) is 0 Å². The van der Waals surface area contributed by atoms with E-state index in [-0.39, 0.29) is 29.1 Å². The van der Waals surface area contributed by atoms with Gasteiger partial charge in [0.25, 0.3) is 17.4 Å². The Morgan fingerprint density at radius 3 is 2.34 bits per heavy atom. The van der Waals surface area contributed by atoms with Gasteiger partial charge in [-0.1, -0.05) is 23.7 Å². The van der Waals surface area contributed by atoms with Crippen molar-refractivity contribution in [2.45, 2.75) is 43.8 Å². The van der Waals surface area contributed by atoms with Gasteiger partial charge in [-0.2, -0.15) is 13.2 Å². The van der Waals surface area contributed by atoms with E-state index in [2.05, 4.69) is 15.0 Å². The average molecular weight is 611 g/mol. The number of hydrogen-bond donors (Lipinski definition) is 2. The van der Waals surface area contributed by atoms with Crippen molar-refractivity contribution < 1.29 is 45.8 Å². The number of alkyl halides is 6. The van der Waals surface area contributed by atoms with Crippen LogP contribution in [0.3, 0.4) is 0 Å². The molecule has 1 atom stereocenters. The molecule has 41 heavy (non-hydrogen) atoms. The van der Waals surface area contributed by atoms with Crippen LogP contribution in [-0.4, -0.2) is 73.1 Å². The number of aromatic nitrogens is 1. The number of amides is 2. The van der Waals surface area contributed by atoms with Gasteiger partial charge < -0.3 is 25.0 Å². The van der Waals surface area contributed by atoms with Gasteiger partial charge in [0.05, 0.1) is 5.56 Å². The topological polar surface area (TPSA) is 95.0 Å². The Hall–Kier alpha value is -3.26. The molecule has 2 amide bonds. The predicted octanol–water partition coefficient (Wildman–Crippen LogP) is 4.90. The maximum Gasteiger partial charge on any atom is 0.573 e. The standard InChI is InChI=1S/C26H29ClF6N4O4/c1-36(2)22(38)19-8-9-20(35-21(19)27)37-13-10-16(11-14-37)5-4-12-34-23(39)24(40,25(28,29)30)17-6-3-7-18(15-17)41-26(31,32)33/h3,6-9,15-16,40H,4-5,10-14H2,1-2H3,(H,34,39). The molecule has 1 fully saturated rings. The van der Waals surface area contributed by atoms with E-state index in [1.54, 1.807) is 26.2 Å². The molecular formula is C26H29ClF6N4O4. The lowest BCUT2D eigenvalue weighted by Gasteiger charge is -2.33. The van der Waals surface area contributed by atoms with Gasteiger partial charge in [-0.3, -0.25) is 9.59 Å². The molecule has 1 saturated heterocycles. The molecule has 0 aliphatic carbocycles. The van der Waals surface area contributed by atoms with Crippen molar-refractivity contribution in [2.75, 3.05) is 38.6 Å². The number of ether oxygens (including phenoxy) is 1. The van der Waals surface area contributed by atoms with Crippen molar-refractivity contribution in [3.8, 4) is 5.75 Å². The fraction of sp³-hybridized carbons (Fsp3) is 0.500. The van der Waals surface area contributed by atoms with E-state index in [4.69, 9.17) is 11.6 Å². The summed E-state index contributed by atoms with van der Waals surface area (Å²) in [6.07, 6.45) is -8.32. The number of nitrogens with one attached hydrogen (secondary N) is 1. The Morgan fingerprint density at radius 2 is 1.78 bits per heavy atom. The lowest BCUT2D eigenvalue weighted by molar-refractivity contribution is -0.274. The van der Waals surface area contributed by atoms with Crippen LogP contribution in [0.5, 0.6) is 5.75 Å². The summed E-state index contributed by atoms with van der Waals surface area (Å²) in [7, 11) is 3.21. The second kappa shape index (κ2) is 12.7. The third-order valence-electron chi connectivity index (χ3n) is 6.71. The highest BCUT2D eigenvalue weighted by molar-refractivity contribution is 6.32. The number of halogens is 7. The van der Waals surface area contributed by atoms with Gasteiger partial charge in [0.2, 0.25) is 0 Å². The van der Waals surface area contributed by atoms with E-state index in [1.165, 1.54) is 4.90 Å². The summed E-state index contributed by atoms with van der Waals surface area (Å²) in [4.78, 5) is 32.4. The molecule has 1 aliphatic heterocycles. The molecule has 1 aromatic heterocycles. The molecule has 0 bridgehead atoms. The summed E-state index contributed by atoms with van der Waals surface area (Å²) in [5, 5.41) is 12.5. The van der Waals surface area contributed by atoms with Crippen LogP contribution in [0.15, 0.2) is 36.4 Å². The molecule has 2 aromatic rings. The Morgan fingerprint density at radius 1 is 1.12 bits per heavy atom. The Kier molecular flexibility index (Phi) is 10.0. The zero-order valence-corrected chi connectivity index (χ0v) is 22.9. The normalized spacial score (nSPS) is 16.2. The maximum absolute atomic E-state index is 13.8. The summed E-state index contributed by atoms with van der Waals surface area (Å²) < 4.78 is 82.5. The van der Waals surface area contributed by atoms with Crippen LogP contribution >= 0.6 is 11.6 Å². The van der Waals surface area contributed by atoms with E-state index < -0.39 is 35.4 Å². The van der Waals surface area contributed by atoms with Crippen molar-refractivity contribution in [3.05, 3.63) is 52.7 Å². The zero-order valence-electron chi connectivity index (χ0n) is 22.2. The molecule has 226 valence electrons. The molecule has 0 saturated carbocycles. The first kappa shape index (κ1) is 32.3. The highest BCUT2D eigenvalue weighted by Gasteiger charge is 2.61. The fourth-order valence-corrected chi connectivity index (χ4v) is 4.74. The van der Waals surface area contributed by atoms with Gasteiger partial charge in [0, 0.05) is 39.3 Å². The highest BCUT2D eigenvalue weighted by Crippen LogP contribution is 2.41.